The molecule has 2 heterocycles. The van der Waals surface area contributed by atoms with Crippen molar-refractivity contribution in [1.82, 2.24) is 26.6 Å². The Hall–Kier alpha value is -6.27. The Labute approximate surface area is 325 Å². The maximum Gasteiger partial charge on any atom is 0.408 e. The van der Waals surface area contributed by atoms with Gasteiger partial charge in [-0.25, -0.2) is 14.6 Å². The average Bonchev–Trinajstić information content (AvgIpc) is 3.57. The number of carbonyl (C=O) groups is 5. The van der Waals surface area contributed by atoms with Crippen LogP contribution in [0.4, 0.5) is 21.0 Å². The van der Waals surface area contributed by atoms with Gasteiger partial charge in [0.25, 0.3) is 5.91 Å². The topological polar surface area (TPSA) is 232 Å². The molecule has 5 rings (SSSR count). The fourth-order valence-corrected chi connectivity index (χ4v) is 6.90. The SMILES string of the molecule is CN1C(=O)[C@H](NC(=O)Nc2cccc(COC(=O)NCNC(=O)CC(=O)NCCSCC3=CS/C(=C\C(=N)N)N3)c2)N=C(c2ccccc2)c2ccccc21. The van der Waals surface area contributed by atoms with Crippen molar-refractivity contribution in [1.29, 1.82) is 5.41 Å². The van der Waals surface area contributed by atoms with Crippen LogP contribution in [0.2, 0.25) is 0 Å². The second kappa shape index (κ2) is 19.7. The van der Waals surface area contributed by atoms with Crippen LogP contribution in [0.15, 0.2) is 106 Å². The molecule has 3 aromatic rings. The molecule has 0 aromatic heterocycles. The number of amidine groups is 1. The van der Waals surface area contributed by atoms with Gasteiger partial charge < -0.3 is 47.3 Å². The second-order valence-corrected chi connectivity index (χ2v) is 13.9. The third-order valence-electron chi connectivity index (χ3n) is 7.78. The van der Waals surface area contributed by atoms with E-state index in [4.69, 9.17) is 15.9 Å². The summed E-state index contributed by atoms with van der Waals surface area (Å²) in [4.78, 5) is 69.2. The number of benzene rings is 3. The molecule has 9 N–H and O–H groups in total. The highest BCUT2D eigenvalue weighted by atomic mass is 32.2. The number of nitrogens with one attached hydrogen (secondary N) is 7. The van der Waals surface area contributed by atoms with Crippen LogP contribution >= 0.6 is 23.5 Å². The summed E-state index contributed by atoms with van der Waals surface area (Å²) in [5.41, 5.74) is 10.1. The minimum Gasteiger partial charge on any atom is -0.445 e. The summed E-state index contributed by atoms with van der Waals surface area (Å²) in [5.74, 6) is -0.164. The molecule has 2 aliphatic rings. The highest BCUT2D eigenvalue weighted by Gasteiger charge is 2.31. The molecule has 0 saturated carbocycles. The zero-order valence-corrected chi connectivity index (χ0v) is 31.4. The summed E-state index contributed by atoms with van der Waals surface area (Å²) in [7, 11) is 1.63. The molecule has 0 bridgehead atoms. The first kappa shape index (κ1) is 39.9. The number of likely N-dealkylation sites (N-methyl/N-ethyl adjacent to an activating group) is 1. The molecular weight excluding hydrogens is 745 g/mol. The van der Waals surface area contributed by atoms with Crippen LogP contribution in [-0.4, -0.2) is 79.3 Å². The number of anilines is 2. The van der Waals surface area contributed by atoms with Crippen molar-refractivity contribution in [3.05, 3.63) is 118 Å². The quantitative estimate of drug-likeness (QED) is 0.0369. The lowest BCUT2D eigenvalue weighted by molar-refractivity contribution is -0.129. The smallest absolute Gasteiger partial charge is 0.408 e. The Balaban J connectivity index is 1.00. The van der Waals surface area contributed by atoms with E-state index in [9.17, 15) is 24.0 Å². The van der Waals surface area contributed by atoms with E-state index >= 15 is 0 Å². The number of rotatable bonds is 15. The molecule has 0 saturated heterocycles. The Morgan fingerprint density at radius 3 is 2.58 bits per heavy atom. The van der Waals surface area contributed by atoms with E-state index in [1.54, 1.807) is 43.1 Å². The van der Waals surface area contributed by atoms with Crippen LogP contribution in [0, 0.1) is 5.41 Å². The summed E-state index contributed by atoms with van der Waals surface area (Å²) < 4.78 is 5.23. The van der Waals surface area contributed by atoms with Gasteiger partial charge in [-0.3, -0.25) is 19.8 Å². The highest BCUT2D eigenvalue weighted by Crippen LogP contribution is 2.28. The first-order chi connectivity index (χ1) is 26.5. The second-order valence-electron chi connectivity index (χ2n) is 11.9. The van der Waals surface area contributed by atoms with Crippen molar-refractivity contribution >= 4 is 76.3 Å². The van der Waals surface area contributed by atoms with Crippen LogP contribution in [0.1, 0.15) is 23.1 Å². The van der Waals surface area contributed by atoms with Crippen molar-refractivity contribution in [2.24, 2.45) is 10.7 Å². The van der Waals surface area contributed by atoms with Gasteiger partial charge in [-0.2, -0.15) is 11.8 Å². The first-order valence-corrected chi connectivity index (χ1v) is 19.0. The maximum absolute atomic E-state index is 13.4. The number of para-hydroxylation sites is 1. The Kier molecular flexibility index (Phi) is 14.3. The van der Waals surface area contributed by atoms with Crippen molar-refractivity contribution in [3.8, 4) is 0 Å². The van der Waals surface area contributed by atoms with Crippen LogP contribution < -0.4 is 42.5 Å². The number of aliphatic imine (C=N–C) groups is 1. The number of fused-ring (bicyclic) bond motifs is 1. The predicted octanol–water partition coefficient (Wildman–Crippen LogP) is 3.14. The lowest BCUT2D eigenvalue weighted by atomic mass is 10.0. The number of benzodiazepines with no additional fused rings is 1. The summed E-state index contributed by atoms with van der Waals surface area (Å²) in [6.07, 6.45) is -0.891. The number of hydrogen-bond acceptors (Lipinski definition) is 11. The lowest BCUT2D eigenvalue weighted by Crippen LogP contribution is -2.47. The molecule has 6 amide bonds. The normalized spacial score (nSPS) is 15.4. The van der Waals surface area contributed by atoms with Crippen molar-refractivity contribution in [3.63, 3.8) is 0 Å². The van der Waals surface area contributed by atoms with Gasteiger partial charge in [0, 0.05) is 53.7 Å². The lowest BCUT2D eigenvalue weighted by Gasteiger charge is -2.21. The largest absolute Gasteiger partial charge is 0.445 e. The van der Waals surface area contributed by atoms with Crippen molar-refractivity contribution in [2.75, 3.05) is 42.0 Å². The number of nitrogens with two attached hydrogens (primary N) is 1. The van der Waals surface area contributed by atoms with Gasteiger partial charge in [-0.05, 0) is 29.2 Å². The Morgan fingerprint density at radius 2 is 1.78 bits per heavy atom. The minimum absolute atomic E-state index is 0.0296. The summed E-state index contributed by atoms with van der Waals surface area (Å²) in [5, 5.41) is 26.1. The minimum atomic E-state index is -1.21. The molecule has 0 radical (unpaired) electrons. The third-order valence-corrected chi connectivity index (χ3v) is 9.66. The molecule has 55 heavy (non-hydrogen) atoms. The van der Waals surface area contributed by atoms with Gasteiger partial charge in [0.05, 0.1) is 23.1 Å². The summed E-state index contributed by atoms with van der Waals surface area (Å²) in [6, 6.07) is 22.7. The first-order valence-electron chi connectivity index (χ1n) is 16.9. The Morgan fingerprint density at radius 1 is 1.02 bits per heavy atom. The fraction of sp³-hybridized carbons (Fsp3) is 0.216. The zero-order valence-electron chi connectivity index (χ0n) is 29.7. The van der Waals surface area contributed by atoms with E-state index in [1.165, 1.54) is 22.7 Å². The van der Waals surface area contributed by atoms with Gasteiger partial charge >= 0.3 is 12.1 Å². The molecular formula is C37H40N10O6S2. The summed E-state index contributed by atoms with van der Waals surface area (Å²) >= 11 is 3.04. The third kappa shape index (κ3) is 12.1. The van der Waals surface area contributed by atoms with Gasteiger partial charge in [0.1, 0.15) is 18.9 Å². The van der Waals surface area contributed by atoms with Gasteiger partial charge in [-0.15, -0.1) is 0 Å². The van der Waals surface area contributed by atoms with Crippen LogP contribution in [0.5, 0.6) is 0 Å². The standard InChI is InChI=1S/C37H40N10O6S2/c1-47-28-13-6-5-12-27(28)33(24-9-3-2-4-10-24)45-34(35(47)50)46-36(51)44-25-11-7-8-23(16-25)19-53-37(52)42-22-41-31(49)18-30(48)40-14-15-54-20-26-21-55-32(43-26)17-29(38)39/h2-13,16-17,21,34,43H,14-15,18-20,22H2,1H3,(H3,38,39)(H,40,48)(H,41,49)(H,42,52)(H2,44,46,51)/b32-17-/t34-/m0/s1. The molecule has 1 atom stereocenters. The number of urea groups is 1. The van der Waals surface area contributed by atoms with E-state index in [0.29, 0.717) is 40.7 Å². The van der Waals surface area contributed by atoms with E-state index in [2.05, 4.69) is 36.9 Å². The van der Waals surface area contributed by atoms with E-state index in [0.717, 1.165) is 21.9 Å². The number of alkyl carbamates (subject to hydrolysis) is 1. The van der Waals surface area contributed by atoms with E-state index < -0.39 is 42.4 Å². The molecule has 3 aromatic carbocycles. The Bertz CT molecular complexity index is 2020. The molecule has 0 spiro atoms. The molecule has 16 nitrogen and oxygen atoms in total. The molecule has 18 heteroatoms. The molecule has 0 fully saturated rings. The van der Waals surface area contributed by atoms with Crippen molar-refractivity contribution in [2.45, 2.75) is 19.2 Å². The molecule has 2 aliphatic heterocycles. The van der Waals surface area contributed by atoms with Crippen LogP contribution in [-0.2, 0) is 25.7 Å². The van der Waals surface area contributed by atoms with E-state index in [-0.39, 0.29) is 19.1 Å². The number of nitrogens with zero attached hydrogens (tertiary/aromatic N) is 2. The molecule has 0 aliphatic carbocycles. The summed E-state index contributed by atoms with van der Waals surface area (Å²) in [6.45, 7) is -0.0252. The molecule has 286 valence electrons. The van der Waals surface area contributed by atoms with Gasteiger partial charge in [0.2, 0.25) is 18.0 Å². The fourth-order valence-electron chi connectivity index (χ4n) is 5.24. The average molecular weight is 785 g/mol. The van der Waals surface area contributed by atoms with Crippen LogP contribution in [0.25, 0.3) is 0 Å². The van der Waals surface area contributed by atoms with Gasteiger partial charge in [0.15, 0.2) is 0 Å². The van der Waals surface area contributed by atoms with Crippen LogP contribution in [0.3, 0.4) is 0 Å². The monoisotopic (exact) mass is 784 g/mol. The molecule has 0 unspecified atom stereocenters. The van der Waals surface area contributed by atoms with E-state index in [1.807, 2.05) is 60.0 Å². The highest BCUT2D eigenvalue weighted by molar-refractivity contribution is 8.06. The number of carbonyl (C=O) groups excluding carboxylic acids is 5. The number of amides is 6. The van der Waals surface area contributed by atoms with Gasteiger partial charge in [-0.1, -0.05) is 72.4 Å². The number of hydrogen-bond donors (Lipinski definition) is 8. The van der Waals surface area contributed by atoms with Crippen molar-refractivity contribution < 1.29 is 28.7 Å². The number of thioether (sulfide) groups is 2. The zero-order chi connectivity index (χ0) is 39.2. The maximum atomic E-state index is 13.4. The predicted molar refractivity (Wildman–Crippen MR) is 214 cm³/mol. The number of ether oxygens (including phenoxy) is 1.